The van der Waals surface area contributed by atoms with E-state index in [1.54, 1.807) is 87.7 Å². The van der Waals surface area contributed by atoms with Crippen molar-refractivity contribution in [2.45, 2.75) is 325 Å². The first-order chi connectivity index (χ1) is 68.1. The number of carbonyl (C=O) groups excluding carboxylic acids is 6. The molecule has 4 aromatic heterocycles. The second-order valence-corrected chi connectivity index (χ2v) is 49.2. The van der Waals surface area contributed by atoms with E-state index in [0.717, 1.165) is 244 Å². The van der Waals surface area contributed by atoms with Crippen LogP contribution in [0, 0.1) is 0 Å². The third kappa shape index (κ3) is 34.7. The van der Waals surface area contributed by atoms with Gasteiger partial charge in [-0.25, -0.2) is 39.1 Å². The van der Waals surface area contributed by atoms with Gasteiger partial charge in [-0.05, 0) is 292 Å². The number of carboxylic acids is 1. The van der Waals surface area contributed by atoms with Crippen LogP contribution in [0.2, 0.25) is 0 Å². The van der Waals surface area contributed by atoms with Crippen LogP contribution in [0.15, 0.2) is 71.0 Å². The minimum atomic E-state index is -5.08. The van der Waals surface area contributed by atoms with Crippen LogP contribution in [0.3, 0.4) is 0 Å². The molecule has 816 valence electrons. The van der Waals surface area contributed by atoms with E-state index in [4.69, 9.17) is 80.8 Å². The van der Waals surface area contributed by atoms with Crippen molar-refractivity contribution in [2.75, 3.05) is 134 Å². The summed E-state index contributed by atoms with van der Waals surface area (Å²) in [5.74, 6) is 0.204. The Labute approximate surface area is 917 Å². The first kappa shape index (κ1) is 123. The summed E-state index contributed by atoms with van der Waals surface area (Å²) in [4.78, 5) is 118. The van der Waals surface area contributed by atoms with Gasteiger partial charge in [-0.3, -0.25) is 14.4 Å². The van der Waals surface area contributed by atoms with Crippen LogP contribution in [0.1, 0.15) is 247 Å². The first-order valence-corrected chi connectivity index (χ1v) is 56.6. The molecule has 0 unspecified atom stereocenters. The fourth-order valence-electron chi connectivity index (χ4n) is 17.3. The number of piperazine rings is 4. The number of alkyl halides is 5. The van der Waals surface area contributed by atoms with E-state index in [2.05, 4.69) is 167 Å². The molecule has 147 heavy (non-hydrogen) atoms. The van der Waals surface area contributed by atoms with Crippen molar-refractivity contribution in [1.82, 2.24) is 45.3 Å². The first-order valence-electron chi connectivity index (χ1n) is 49.8. The maximum Gasteiger partial charge on any atom is 0.498 e. The fraction of sp³-hybridized carbons (Fsp3) is 0.641. The minimum absolute atomic E-state index is 0. The molecule has 3 N–H and O–H groups in total. The SMILES string of the molecule is Brc1csc(Br)n1.C.C.CC(=O)N1c2ccc(-c3csc(N4CCN(C(=O)OC(C)(C)C)CC4)n3)c(OC3CCC3)c2CC[C@@H]1C.CC(=O)N1c2ccc(-c3csc(N4CCNCC4)n3)c(OC3CCC3)c2CC[C@@H]1C.CC(=O)N1c2ccc(B3OC(C)(C)C(C)(C)O3)c(OC3CCC3)c2CC[C@@H]1C.CC(C)(C)OC(=O)N1CCN(c2nc(Br)cs2)CC1.CC(C)(C)OC(=O)N1CCNCC1.CC(Cl)Cl.O=C(O)C(F)(F)F. The normalized spacial score (nSPS) is 19.6. The lowest BCUT2D eigenvalue weighted by molar-refractivity contribution is -0.192. The van der Waals surface area contributed by atoms with Gasteiger partial charge in [-0.15, -0.1) is 68.5 Å². The number of hydrogen-bond donors (Lipinski definition) is 3. The van der Waals surface area contributed by atoms with E-state index >= 15 is 0 Å². The maximum atomic E-state index is 12.5. The molecule has 0 radical (unpaired) electrons. The number of hydrogen-bond acceptors (Lipinski definition) is 28. The summed E-state index contributed by atoms with van der Waals surface area (Å²) in [7, 11) is -0.462. The molecule has 3 saturated carbocycles. The number of benzene rings is 3. The highest BCUT2D eigenvalue weighted by Gasteiger charge is 2.54. The van der Waals surface area contributed by atoms with Gasteiger partial charge >= 0.3 is 37.5 Å². The lowest BCUT2D eigenvalue weighted by atomic mass is 9.75. The predicted molar refractivity (Wildman–Crippen MR) is 596 cm³/mol. The molecule has 12 heterocycles. The van der Waals surface area contributed by atoms with E-state index < -0.39 is 41.7 Å². The second-order valence-electron chi connectivity index (χ2n) is 41.4. The number of ether oxygens (including phenoxy) is 6. The van der Waals surface area contributed by atoms with Gasteiger partial charge in [0.05, 0.1) is 58.0 Å². The van der Waals surface area contributed by atoms with E-state index in [1.807, 2.05) is 99.9 Å². The van der Waals surface area contributed by atoms with Gasteiger partial charge in [0.15, 0.2) is 19.3 Å². The smallest absolute Gasteiger partial charge is 0.490 e. The molecule has 0 spiro atoms. The Morgan fingerprint density at radius 3 is 1.05 bits per heavy atom. The Morgan fingerprint density at radius 2 is 0.755 bits per heavy atom. The topological polar surface area (TPSA) is 318 Å². The number of thiazole rings is 4. The van der Waals surface area contributed by atoms with Crippen LogP contribution in [0.4, 0.5) is 60.0 Å². The van der Waals surface area contributed by atoms with Gasteiger partial charge in [-0.2, -0.15) is 13.2 Å². The molecule has 5 saturated heterocycles. The Bertz CT molecular complexity index is 5480. The van der Waals surface area contributed by atoms with Crippen molar-refractivity contribution in [1.29, 1.82) is 0 Å². The molecule has 31 nitrogen and oxygen atoms in total. The molecule has 11 aliphatic rings. The van der Waals surface area contributed by atoms with Crippen molar-refractivity contribution in [3.63, 3.8) is 0 Å². The lowest BCUT2D eigenvalue weighted by Gasteiger charge is -2.37. The maximum absolute atomic E-state index is 12.5. The number of rotatable bonds is 12. The number of aliphatic carboxylic acids is 1. The summed E-state index contributed by atoms with van der Waals surface area (Å²) in [6, 6.07) is 13.0. The average Bonchev–Trinajstić information content (AvgIpc) is 1.61. The van der Waals surface area contributed by atoms with Crippen molar-refractivity contribution in [3.05, 3.63) is 87.7 Å². The third-order valence-electron chi connectivity index (χ3n) is 26.1. The lowest BCUT2D eigenvalue weighted by Crippen LogP contribution is -2.50. The van der Waals surface area contributed by atoms with Crippen molar-refractivity contribution < 1.29 is 89.6 Å². The number of aromatic nitrogens is 4. The molecule has 8 aliphatic heterocycles. The zero-order valence-electron chi connectivity index (χ0n) is 86.9. The summed E-state index contributed by atoms with van der Waals surface area (Å²) in [5, 5.41) is 24.9. The second kappa shape index (κ2) is 54.3. The van der Waals surface area contributed by atoms with Crippen molar-refractivity contribution in [2.24, 2.45) is 0 Å². The highest BCUT2D eigenvalue weighted by Crippen LogP contribution is 2.50. The number of nitrogens with one attached hydrogen (secondary N) is 2. The molecular weight excluding hydrogens is 2210 g/mol. The van der Waals surface area contributed by atoms with E-state index in [1.165, 1.54) is 24.8 Å². The predicted octanol–water partition coefficient (Wildman–Crippen LogP) is 23.1. The van der Waals surface area contributed by atoms with E-state index in [-0.39, 0.29) is 97.7 Å². The molecule has 3 aliphatic carbocycles. The number of amides is 6. The standard InChI is InChI=1S/C28H38N4O4S.C23H30N4O2S.C22H32BNO4.C12H18BrN3O2S.C9H18N2O2.C3HBr2NS.C2H4Cl2.C2HF3O2.2CH4/c1-18-9-10-22-24(32(18)19(2)33)12-11-21(25(22)35-20-7-6-8-20)23-17-37-26(29-23)30-13-15-31(16-14-30)27(34)36-28(3,4)5;1-15-6-7-19-21(27(15)16(2)28)9-8-18(22(19)29-17-4-3-5-17)20-14-30-23(25-20)26-12-10-24-11-13-26;1-14-10-11-17-19(24(14)15(2)25)13-12-18(20(17)26-16-8-7-9-16)23-27-21(3,4)22(5,6)28-23;1-12(2,3)18-11(17)16-6-4-15(5-7-16)10-14-9(13)8-19-10;1-9(2,3)13-8(12)11-6-4-10-5-7-11;4-2-1-7-3(5)6-2;1-2(3)4;3-2(4,5)1(6)7;;/h11-12,17-18,20H,6-10,13-16H2,1-5H3;8-9,14-15,17,24H,3-7,10-13H2,1-2H3;12-14,16H,7-11H2,1-6H3;8H,4-7H2,1-3H3;10H,4-7H2,1-3H3;1H;2H,1H3;(H,6,7);2*1H4/t18-;15-;14-;;;;;;;/m000......./s1. The molecule has 6 amide bonds. The molecule has 3 atom stereocenters. The molecule has 3 aromatic carbocycles. The fourth-order valence-corrected chi connectivity index (χ4v) is 22.1. The average molecular weight is 2360 g/mol. The quantitative estimate of drug-likeness (QED) is 0.0581. The van der Waals surface area contributed by atoms with Crippen LogP contribution < -0.4 is 59.7 Å². The molecule has 18 rings (SSSR count). The molecular formula is C103H150BBr3Cl2F3N15O16S4. The van der Waals surface area contributed by atoms with Gasteiger partial charge in [0.2, 0.25) is 17.7 Å². The van der Waals surface area contributed by atoms with Crippen molar-refractivity contribution in [3.8, 4) is 39.8 Å². The Hall–Kier alpha value is -7.62. The van der Waals surface area contributed by atoms with Crippen LogP contribution >= 0.6 is 116 Å². The zero-order chi connectivity index (χ0) is 106. The summed E-state index contributed by atoms with van der Waals surface area (Å²) in [6.07, 6.45) is 10.7. The van der Waals surface area contributed by atoms with Gasteiger partial charge in [-0.1, -0.05) is 20.9 Å². The van der Waals surface area contributed by atoms with Gasteiger partial charge in [0.25, 0.3) is 0 Å². The van der Waals surface area contributed by atoms with Gasteiger partial charge in [0.1, 0.15) is 48.1 Å². The highest BCUT2D eigenvalue weighted by atomic mass is 79.9. The number of anilines is 6. The summed E-state index contributed by atoms with van der Waals surface area (Å²) in [6.45, 7) is 51.0. The summed E-state index contributed by atoms with van der Waals surface area (Å²) in [5.41, 5.74) is 9.15. The van der Waals surface area contributed by atoms with Gasteiger partial charge in [0, 0.05) is 198 Å². The van der Waals surface area contributed by atoms with Gasteiger partial charge < -0.3 is 97.6 Å². The Kier molecular flexibility index (Phi) is 45.4. The number of halogens is 8. The summed E-state index contributed by atoms with van der Waals surface area (Å²) < 4.78 is 82.8. The third-order valence-corrected chi connectivity index (χ3v) is 31.5. The zero-order valence-corrected chi connectivity index (χ0v) is 96.4. The van der Waals surface area contributed by atoms with Crippen LogP contribution in [0.25, 0.3) is 22.5 Å². The van der Waals surface area contributed by atoms with Crippen LogP contribution in [-0.4, -0.2) is 269 Å². The Balaban J connectivity index is 0.000000200. The van der Waals surface area contributed by atoms with Crippen LogP contribution in [-0.2, 0) is 62.0 Å². The molecule has 0 bridgehead atoms. The minimum Gasteiger partial charge on any atom is -0.490 e. The molecule has 7 aromatic rings. The Morgan fingerprint density at radius 1 is 0.456 bits per heavy atom. The highest BCUT2D eigenvalue weighted by molar-refractivity contribution is 9.11. The number of nitrogens with zero attached hydrogens (tertiary/aromatic N) is 13. The van der Waals surface area contributed by atoms with Crippen LogP contribution in [0.5, 0.6) is 17.2 Å². The van der Waals surface area contributed by atoms with Crippen molar-refractivity contribution >= 4 is 203 Å². The molecule has 44 heteroatoms. The number of fused-ring (bicyclic) bond motifs is 3. The van der Waals surface area contributed by atoms with E-state index in [9.17, 15) is 41.9 Å². The number of carboxylic acid groups (broad SMARTS) is 1. The van der Waals surface area contributed by atoms with E-state index in [0.29, 0.717) is 39.3 Å². The summed E-state index contributed by atoms with van der Waals surface area (Å²) >= 11 is 26.3. The largest absolute Gasteiger partial charge is 0.498 e. The number of carbonyl (C=O) groups is 7. The monoisotopic (exact) mass is 2360 g/mol. The molecule has 8 fully saturated rings.